The van der Waals surface area contributed by atoms with Crippen molar-refractivity contribution in [3.05, 3.63) is 34.9 Å². The van der Waals surface area contributed by atoms with E-state index in [4.69, 9.17) is 0 Å². The largest absolute Gasteiger partial charge is 0.355 e. The highest BCUT2D eigenvalue weighted by molar-refractivity contribution is 5.81. The van der Waals surface area contributed by atoms with Gasteiger partial charge in [0.05, 0.1) is 6.04 Å². The van der Waals surface area contributed by atoms with Crippen LogP contribution in [0.4, 0.5) is 0 Å². The van der Waals surface area contributed by atoms with Gasteiger partial charge in [0.1, 0.15) is 0 Å². The van der Waals surface area contributed by atoms with Gasteiger partial charge in [0.2, 0.25) is 5.91 Å². The topological polar surface area (TPSA) is 41.1 Å². The summed E-state index contributed by atoms with van der Waals surface area (Å²) in [5, 5.41) is 6.05. The molecule has 0 bridgehead atoms. The smallest absolute Gasteiger partial charge is 0.236 e. The third kappa shape index (κ3) is 4.19. The van der Waals surface area contributed by atoms with E-state index in [0.29, 0.717) is 6.54 Å². The molecule has 0 spiro atoms. The lowest BCUT2D eigenvalue weighted by molar-refractivity contribution is -0.122. The Hall–Kier alpha value is -1.35. The van der Waals surface area contributed by atoms with E-state index in [0.717, 1.165) is 6.54 Å². The highest BCUT2D eigenvalue weighted by Crippen LogP contribution is 2.10. The molecule has 0 heterocycles. The number of benzene rings is 1. The molecule has 0 radical (unpaired) electrons. The lowest BCUT2D eigenvalue weighted by Crippen LogP contribution is -2.41. The molecule has 94 valence electrons. The maximum absolute atomic E-state index is 11.5. The summed E-state index contributed by atoms with van der Waals surface area (Å²) in [5.74, 6) is 0.0535. The van der Waals surface area contributed by atoms with E-state index in [1.54, 1.807) is 0 Å². The van der Waals surface area contributed by atoms with Crippen molar-refractivity contribution in [2.24, 2.45) is 0 Å². The zero-order chi connectivity index (χ0) is 12.8. The van der Waals surface area contributed by atoms with Crippen LogP contribution in [0.25, 0.3) is 0 Å². The SMILES string of the molecule is CCNC(=O)C(C)NCc1cc(C)ccc1C. The van der Waals surface area contributed by atoms with Crippen LogP contribution >= 0.6 is 0 Å². The van der Waals surface area contributed by atoms with Gasteiger partial charge in [0, 0.05) is 13.1 Å². The Balaban J connectivity index is 2.55. The summed E-state index contributed by atoms with van der Waals surface area (Å²) >= 11 is 0. The highest BCUT2D eigenvalue weighted by Gasteiger charge is 2.10. The van der Waals surface area contributed by atoms with Crippen molar-refractivity contribution in [1.82, 2.24) is 10.6 Å². The quantitative estimate of drug-likeness (QED) is 0.817. The van der Waals surface area contributed by atoms with E-state index in [-0.39, 0.29) is 11.9 Å². The van der Waals surface area contributed by atoms with Crippen molar-refractivity contribution in [2.45, 2.75) is 40.3 Å². The lowest BCUT2D eigenvalue weighted by Gasteiger charge is -2.14. The Morgan fingerprint density at radius 1 is 1.35 bits per heavy atom. The predicted octanol–water partition coefficient (Wildman–Crippen LogP) is 1.92. The molecule has 1 amide bonds. The van der Waals surface area contributed by atoms with Crippen LogP contribution in [0.1, 0.15) is 30.5 Å². The number of amides is 1. The molecule has 0 fully saturated rings. The number of rotatable bonds is 5. The Morgan fingerprint density at radius 3 is 2.71 bits per heavy atom. The van der Waals surface area contributed by atoms with Crippen LogP contribution in [0.15, 0.2) is 18.2 Å². The summed E-state index contributed by atoms with van der Waals surface area (Å²) < 4.78 is 0. The summed E-state index contributed by atoms with van der Waals surface area (Å²) in [6.45, 7) is 9.38. The van der Waals surface area contributed by atoms with Gasteiger partial charge in [-0.15, -0.1) is 0 Å². The van der Waals surface area contributed by atoms with Gasteiger partial charge in [0.15, 0.2) is 0 Å². The first-order valence-electron chi connectivity index (χ1n) is 6.11. The van der Waals surface area contributed by atoms with Crippen LogP contribution in [0.5, 0.6) is 0 Å². The Labute approximate surface area is 104 Å². The molecule has 1 rings (SSSR count). The molecule has 1 aromatic carbocycles. The Kier molecular flexibility index (Phi) is 5.16. The van der Waals surface area contributed by atoms with Crippen LogP contribution in [0.3, 0.4) is 0 Å². The van der Waals surface area contributed by atoms with Crippen LogP contribution < -0.4 is 10.6 Å². The molecular formula is C14H22N2O. The average Bonchev–Trinajstić information content (AvgIpc) is 2.30. The van der Waals surface area contributed by atoms with Crippen molar-refractivity contribution in [2.75, 3.05) is 6.54 Å². The van der Waals surface area contributed by atoms with E-state index in [9.17, 15) is 4.79 Å². The van der Waals surface area contributed by atoms with E-state index in [1.807, 2.05) is 13.8 Å². The molecule has 0 aliphatic heterocycles. The monoisotopic (exact) mass is 234 g/mol. The van der Waals surface area contributed by atoms with Gasteiger partial charge in [-0.25, -0.2) is 0 Å². The Bertz CT molecular complexity index is 388. The van der Waals surface area contributed by atoms with Gasteiger partial charge < -0.3 is 10.6 Å². The second-order valence-corrected chi connectivity index (χ2v) is 4.43. The first kappa shape index (κ1) is 13.7. The minimum atomic E-state index is -0.158. The second kappa shape index (κ2) is 6.40. The second-order valence-electron chi connectivity index (χ2n) is 4.43. The van der Waals surface area contributed by atoms with E-state index in [2.05, 4.69) is 42.7 Å². The number of carbonyl (C=O) groups excluding carboxylic acids is 1. The summed E-state index contributed by atoms with van der Waals surface area (Å²) in [6, 6.07) is 6.22. The van der Waals surface area contributed by atoms with E-state index in [1.165, 1.54) is 16.7 Å². The molecule has 0 aliphatic rings. The molecule has 0 saturated carbocycles. The first-order chi connectivity index (χ1) is 8.04. The fraction of sp³-hybridized carbons (Fsp3) is 0.500. The van der Waals surface area contributed by atoms with Gasteiger partial charge in [-0.2, -0.15) is 0 Å². The molecule has 3 heteroatoms. The van der Waals surface area contributed by atoms with Crippen molar-refractivity contribution in [3.63, 3.8) is 0 Å². The minimum Gasteiger partial charge on any atom is -0.355 e. The number of likely N-dealkylation sites (N-methyl/N-ethyl adjacent to an activating group) is 1. The molecule has 0 saturated heterocycles. The molecule has 1 unspecified atom stereocenters. The number of hydrogen-bond acceptors (Lipinski definition) is 2. The maximum atomic E-state index is 11.5. The van der Waals surface area contributed by atoms with Crippen LogP contribution in [0.2, 0.25) is 0 Å². The zero-order valence-corrected chi connectivity index (χ0v) is 11.1. The van der Waals surface area contributed by atoms with E-state index >= 15 is 0 Å². The zero-order valence-electron chi connectivity index (χ0n) is 11.1. The van der Waals surface area contributed by atoms with Crippen LogP contribution in [-0.2, 0) is 11.3 Å². The summed E-state index contributed by atoms with van der Waals surface area (Å²) in [5.41, 5.74) is 3.76. The van der Waals surface area contributed by atoms with Gasteiger partial charge in [-0.05, 0) is 38.8 Å². The van der Waals surface area contributed by atoms with Gasteiger partial charge in [-0.1, -0.05) is 23.8 Å². The third-order valence-corrected chi connectivity index (χ3v) is 2.85. The third-order valence-electron chi connectivity index (χ3n) is 2.85. The summed E-state index contributed by atoms with van der Waals surface area (Å²) in [6.07, 6.45) is 0. The summed E-state index contributed by atoms with van der Waals surface area (Å²) in [4.78, 5) is 11.5. The van der Waals surface area contributed by atoms with Crippen molar-refractivity contribution in [3.8, 4) is 0 Å². The molecular weight excluding hydrogens is 212 g/mol. The number of nitrogens with one attached hydrogen (secondary N) is 2. The molecule has 1 atom stereocenters. The molecule has 0 aliphatic carbocycles. The normalized spacial score (nSPS) is 12.2. The maximum Gasteiger partial charge on any atom is 0.236 e. The molecule has 17 heavy (non-hydrogen) atoms. The highest BCUT2D eigenvalue weighted by atomic mass is 16.2. The van der Waals surface area contributed by atoms with Crippen molar-refractivity contribution in [1.29, 1.82) is 0 Å². The van der Waals surface area contributed by atoms with E-state index < -0.39 is 0 Å². The first-order valence-corrected chi connectivity index (χ1v) is 6.11. The van der Waals surface area contributed by atoms with Gasteiger partial charge in [0.25, 0.3) is 0 Å². The lowest BCUT2D eigenvalue weighted by atomic mass is 10.1. The van der Waals surface area contributed by atoms with Crippen LogP contribution in [-0.4, -0.2) is 18.5 Å². The fourth-order valence-corrected chi connectivity index (χ4v) is 1.67. The summed E-state index contributed by atoms with van der Waals surface area (Å²) in [7, 11) is 0. The minimum absolute atomic E-state index is 0.0535. The Morgan fingerprint density at radius 2 is 2.06 bits per heavy atom. The number of hydrogen-bond donors (Lipinski definition) is 2. The average molecular weight is 234 g/mol. The molecule has 0 aromatic heterocycles. The molecule has 2 N–H and O–H groups in total. The molecule has 1 aromatic rings. The van der Waals surface area contributed by atoms with Gasteiger partial charge >= 0.3 is 0 Å². The van der Waals surface area contributed by atoms with Gasteiger partial charge in [-0.3, -0.25) is 4.79 Å². The van der Waals surface area contributed by atoms with Crippen LogP contribution in [0, 0.1) is 13.8 Å². The van der Waals surface area contributed by atoms with Crippen molar-refractivity contribution >= 4 is 5.91 Å². The number of carbonyl (C=O) groups is 1. The standard InChI is InChI=1S/C14H22N2O/c1-5-15-14(17)12(4)16-9-13-8-10(2)6-7-11(13)3/h6-8,12,16H,5,9H2,1-4H3,(H,15,17). The molecule has 3 nitrogen and oxygen atoms in total. The number of aryl methyl sites for hydroxylation is 2. The fourth-order valence-electron chi connectivity index (χ4n) is 1.67. The van der Waals surface area contributed by atoms with Crippen molar-refractivity contribution < 1.29 is 4.79 Å². The predicted molar refractivity (Wildman–Crippen MR) is 70.9 cm³/mol.